The van der Waals surface area contributed by atoms with Crippen LogP contribution in [0.4, 0.5) is 0 Å². The Morgan fingerprint density at radius 3 is 2.90 bits per heavy atom. The number of fused-ring (bicyclic) bond motifs is 1. The third kappa shape index (κ3) is 2.90. The SMILES string of the molecule is O=C(NCc1ncc(Br)cn1)C1CCc2cccc(O)c21. The van der Waals surface area contributed by atoms with Crippen LogP contribution in [0.25, 0.3) is 0 Å². The number of phenolic OH excluding ortho intramolecular Hbond substituents is 1. The molecule has 0 radical (unpaired) electrons. The number of carbonyl (C=O) groups excluding carboxylic acids is 1. The molecule has 108 valence electrons. The Hall–Kier alpha value is -1.95. The van der Waals surface area contributed by atoms with Crippen LogP contribution in [-0.4, -0.2) is 21.0 Å². The van der Waals surface area contributed by atoms with Gasteiger partial charge in [0.2, 0.25) is 5.91 Å². The van der Waals surface area contributed by atoms with E-state index in [1.54, 1.807) is 18.5 Å². The van der Waals surface area contributed by atoms with Crippen molar-refractivity contribution in [3.05, 3.63) is 52.0 Å². The van der Waals surface area contributed by atoms with Crippen LogP contribution in [0, 0.1) is 0 Å². The highest BCUT2D eigenvalue weighted by Gasteiger charge is 2.30. The first-order chi connectivity index (χ1) is 10.1. The minimum atomic E-state index is -0.295. The first-order valence-electron chi connectivity index (χ1n) is 6.70. The molecule has 3 rings (SSSR count). The molecule has 1 aromatic heterocycles. The van der Waals surface area contributed by atoms with Gasteiger partial charge in [0, 0.05) is 18.0 Å². The van der Waals surface area contributed by atoms with Gasteiger partial charge >= 0.3 is 0 Å². The number of nitrogens with zero attached hydrogens (tertiary/aromatic N) is 2. The molecule has 2 N–H and O–H groups in total. The fraction of sp³-hybridized carbons (Fsp3) is 0.267. The van der Waals surface area contributed by atoms with Crippen molar-refractivity contribution >= 4 is 21.8 Å². The van der Waals surface area contributed by atoms with Gasteiger partial charge in [0.05, 0.1) is 16.9 Å². The number of phenols is 1. The smallest absolute Gasteiger partial charge is 0.228 e. The van der Waals surface area contributed by atoms with E-state index in [0.29, 0.717) is 5.82 Å². The number of halogens is 1. The van der Waals surface area contributed by atoms with Crippen LogP contribution >= 0.6 is 15.9 Å². The average Bonchev–Trinajstić information content (AvgIpc) is 2.92. The molecular formula is C15H14BrN3O2. The van der Waals surface area contributed by atoms with E-state index in [1.807, 2.05) is 12.1 Å². The lowest BCUT2D eigenvalue weighted by atomic mass is 9.99. The second-order valence-electron chi connectivity index (χ2n) is 4.98. The van der Waals surface area contributed by atoms with E-state index in [-0.39, 0.29) is 24.1 Å². The maximum absolute atomic E-state index is 12.3. The van der Waals surface area contributed by atoms with E-state index in [0.717, 1.165) is 28.4 Å². The summed E-state index contributed by atoms with van der Waals surface area (Å²) in [5.74, 6) is 0.366. The molecule has 1 heterocycles. The molecule has 0 aliphatic heterocycles. The largest absolute Gasteiger partial charge is 0.508 e. The Balaban J connectivity index is 1.69. The highest BCUT2D eigenvalue weighted by Crippen LogP contribution is 2.38. The molecular weight excluding hydrogens is 334 g/mol. The lowest BCUT2D eigenvalue weighted by Crippen LogP contribution is -2.28. The van der Waals surface area contributed by atoms with E-state index in [1.165, 1.54) is 0 Å². The summed E-state index contributed by atoms with van der Waals surface area (Å²) >= 11 is 3.27. The molecule has 1 unspecified atom stereocenters. The fourth-order valence-corrected chi connectivity index (χ4v) is 2.85. The summed E-state index contributed by atoms with van der Waals surface area (Å²) in [6, 6.07) is 5.40. The standard InChI is InChI=1S/C15H14BrN3O2/c16-10-6-17-13(18-7-10)8-19-15(21)11-5-4-9-2-1-3-12(20)14(9)11/h1-3,6-7,11,20H,4-5,8H2,(H,19,21). The van der Waals surface area contributed by atoms with Crippen LogP contribution in [0.5, 0.6) is 5.75 Å². The van der Waals surface area contributed by atoms with Crippen molar-refractivity contribution in [1.82, 2.24) is 15.3 Å². The molecule has 0 fully saturated rings. The lowest BCUT2D eigenvalue weighted by Gasteiger charge is -2.13. The Morgan fingerprint density at radius 2 is 2.14 bits per heavy atom. The summed E-state index contributed by atoms with van der Waals surface area (Å²) in [7, 11) is 0. The molecule has 0 saturated carbocycles. The Morgan fingerprint density at radius 1 is 1.38 bits per heavy atom. The molecule has 0 saturated heterocycles. The monoisotopic (exact) mass is 347 g/mol. The number of aromatic nitrogens is 2. The first-order valence-corrected chi connectivity index (χ1v) is 7.49. The number of amides is 1. The van der Waals surface area contributed by atoms with Gasteiger partial charge in [0.25, 0.3) is 0 Å². The molecule has 1 atom stereocenters. The van der Waals surface area contributed by atoms with Gasteiger partial charge in [-0.25, -0.2) is 9.97 Å². The highest BCUT2D eigenvalue weighted by atomic mass is 79.9. The summed E-state index contributed by atoms with van der Waals surface area (Å²) in [5.41, 5.74) is 1.81. The summed E-state index contributed by atoms with van der Waals surface area (Å²) in [6.45, 7) is 0.283. The summed E-state index contributed by atoms with van der Waals surface area (Å²) in [4.78, 5) is 20.5. The summed E-state index contributed by atoms with van der Waals surface area (Å²) in [5, 5.41) is 12.8. The third-order valence-corrected chi connectivity index (χ3v) is 4.04. The predicted molar refractivity (Wildman–Crippen MR) is 80.7 cm³/mol. The number of nitrogens with one attached hydrogen (secondary N) is 1. The fourth-order valence-electron chi connectivity index (χ4n) is 2.65. The van der Waals surface area contributed by atoms with Gasteiger partial charge in [-0.2, -0.15) is 0 Å². The van der Waals surface area contributed by atoms with Crippen molar-refractivity contribution in [3.63, 3.8) is 0 Å². The highest BCUT2D eigenvalue weighted by molar-refractivity contribution is 9.10. The zero-order valence-corrected chi connectivity index (χ0v) is 12.8. The normalized spacial score (nSPS) is 16.5. The number of carbonyl (C=O) groups is 1. The second-order valence-corrected chi connectivity index (χ2v) is 5.89. The third-order valence-electron chi connectivity index (χ3n) is 3.64. The summed E-state index contributed by atoms with van der Waals surface area (Å²) < 4.78 is 0.798. The molecule has 5 nitrogen and oxygen atoms in total. The molecule has 1 aliphatic carbocycles. The maximum atomic E-state index is 12.3. The quantitative estimate of drug-likeness (QED) is 0.893. The van der Waals surface area contributed by atoms with Gasteiger partial charge in [-0.15, -0.1) is 0 Å². The van der Waals surface area contributed by atoms with Crippen LogP contribution in [-0.2, 0) is 17.8 Å². The lowest BCUT2D eigenvalue weighted by molar-refractivity contribution is -0.122. The van der Waals surface area contributed by atoms with Gasteiger partial charge in [-0.05, 0) is 40.4 Å². The first kappa shape index (κ1) is 14.0. The Labute approximate surface area is 130 Å². The number of aromatic hydroxyl groups is 1. The van der Waals surface area contributed by atoms with E-state index in [4.69, 9.17) is 0 Å². The minimum absolute atomic E-state index is 0.0956. The number of hydrogen-bond acceptors (Lipinski definition) is 4. The van der Waals surface area contributed by atoms with Crippen molar-refractivity contribution in [2.45, 2.75) is 25.3 Å². The van der Waals surface area contributed by atoms with Crippen LogP contribution in [0.15, 0.2) is 35.1 Å². The average molecular weight is 348 g/mol. The van der Waals surface area contributed by atoms with Gasteiger partial charge < -0.3 is 10.4 Å². The van der Waals surface area contributed by atoms with Crippen LogP contribution in [0.2, 0.25) is 0 Å². The van der Waals surface area contributed by atoms with E-state index in [9.17, 15) is 9.90 Å². The predicted octanol–water partition coefficient (Wildman–Crippen LogP) is 2.29. The molecule has 21 heavy (non-hydrogen) atoms. The van der Waals surface area contributed by atoms with Crippen LogP contribution < -0.4 is 5.32 Å². The minimum Gasteiger partial charge on any atom is -0.508 e. The van der Waals surface area contributed by atoms with E-state index < -0.39 is 0 Å². The van der Waals surface area contributed by atoms with Crippen molar-refractivity contribution in [2.24, 2.45) is 0 Å². The van der Waals surface area contributed by atoms with E-state index >= 15 is 0 Å². The summed E-state index contributed by atoms with van der Waals surface area (Å²) in [6.07, 6.45) is 4.83. The Kier molecular flexibility index (Phi) is 3.88. The van der Waals surface area contributed by atoms with Crippen LogP contribution in [0.3, 0.4) is 0 Å². The second kappa shape index (κ2) is 5.81. The molecule has 2 aromatic rings. The zero-order chi connectivity index (χ0) is 14.8. The molecule has 1 amide bonds. The van der Waals surface area contributed by atoms with Gasteiger partial charge in [0.1, 0.15) is 11.6 Å². The maximum Gasteiger partial charge on any atom is 0.228 e. The molecule has 0 bridgehead atoms. The van der Waals surface area contributed by atoms with Crippen molar-refractivity contribution < 1.29 is 9.90 Å². The van der Waals surface area contributed by atoms with Gasteiger partial charge in [-0.3, -0.25) is 4.79 Å². The molecule has 1 aliphatic rings. The van der Waals surface area contributed by atoms with E-state index in [2.05, 4.69) is 31.2 Å². The van der Waals surface area contributed by atoms with Gasteiger partial charge in [0.15, 0.2) is 0 Å². The zero-order valence-electron chi connectivity index (χ0n) is 11.2. The number of aryl methyl sites for hydroxylation is 1. The molecule has 0 spiro atoms. The number of rotatable bonds is 3. The number of hydrogen-bond donors (Lipinski definition) is 2. The van der Waals surface area contributed by atoms with Crippen molar-refractivity contribution in [1.29, 1.82) is 0 Å². The van der Waals surface area contributed by atoms with Crippen LogP contribution in [0.1, 0.15) is 29.3 Å². The Bertz CT molecular complexity index is 673. The molecule has 6 heteroatoms. The van der Waals surface area contributed by atoms with Crippen molar-refractivity contribution in [2.75, 3.05) is 0 Å². The topological polar surface area (TPSA) is 75.1 Å². The molecule has 1 aromatic carbocycles. The number of benzene rings is 1. The van der Waals surface area contributed by atoms with Crippen molar-refractivity contribution in [3.8, 4) is 5.75 Å². The van der Waals surface area contributed by atoms with Gasteiger partial charge in [-0.1, -0.05) is 12.1 Å².